The predicted molar refractivity (Wildman–Crippen MR) is 116 cm³/mol. The Morgan fingerprint density at radius 1 is 1.10 bits per heavy atom. The molecule has 0 radical (unpaired) electrons. The zero-order valence-corrected chi connectivity index (χ0v) is 17.8. The Balaban J connectivity index is 1.62. The van der Waals surface area contributed by atoms with E-state index in [1.165, 1.54) is 11.3 Å². The van der Waals surface area contributed by atoms with Gasteiger partial charge in [0.25, 0.3) is 5.91 Å². The number of nitrogens with one attached hydrogen (secondary N) is 2. The molecular formula is C20H21N3O4S2. The smallest absolute Gasteiger partial charge is 0.266 e. The van der Waals surface area contributed by atoms with Crippen LogP contribution in [-0.2, 0) is 14.8 Å². The molecule has 1 aromatic heterocycles. The molecule has 29 heavy (non-hydrogen) atoms. The van der Waals surface area contributed by atoms with Crippen molar-refractivity contribution in [1.82, 2.24) is 4.98 Å². The van der Waals surface area contributed by atoms with E-state index in [2.05, 4.69) is 15.0 Å². The van der Waals surface area contributed by atoms with E-state index in [-0.39, 0.29) is 5.91 Å². The summed E-state index contributed by atoms with van der Waals surface area (Å²) in [5.74, 6) is 0.333. The summed E-state index contributed by atoms with van der Waals surface area (Å²) in [7, 11) is -3.32. The van der Waals surface area contributed by atoms with Gasteiger partial charge < -0.3 is 4.74 Å². The number of rotatable bonds is 7. The maximum Gasteiger partial charge on any atom is 0.266 e. The Bertz CT molecular complexity index is 1090. The number of thiazole rings is 1. The Morgan fingerprint density at radius 2 is 1.76 bits per heavy atom. The molecule has 1 heterocycles. The second-order valence-corrected chi connectivity index (χ2v) is 9.16. The number of sulfonamides is 1. The van der Waals surface area contributed by atoms with E-state index in [1.54, 1.807) is 31.2 Å². The minimum atomic E-state index is -3.32. The number of nitrogens with zero attached hydrogens (tertiary/aromatic N) is 1. The van der Waals surface area contributed by atoms with Crippen molar-refractivity contribution < 1.29 is 17.9 Å². The van der Waals surface area contributed by atoms with Crippen LogP contribution in [0.5, 0.6) is 5.75 Å². The van der Waals surface area contributed by atoms with E-state index >= 15 is 0 Å². The SMILES string of the molecule is Cc1ccc(O[C@@H](C)C(=O)Nc2nc(-c3ccc(NS(C)(=O)=O)cc3)cs2)cc1. The molecule has 2 N–H and O–H groups in total. The summed E-state index contributed by atoms with van der Waals surface area (Å²) in [4.78, 5) is 16.8. The predicted octanol–water partition coefficient (Wildman–Crippen LogP) is 3.90. The van der Waals surface area contributed by atoms with Gasteiger partial charge in [-0.3, -0.25) is 14.8 Å². The molecule has 9 heteroatoms. The highest BCUT2D eigenvalue weighted by Crippen LogP contribution is 2.26. The van der Waals surface area contributed by atoms with Crippen molar-refractivity contribution in [3.05, 3.63) is 59.5 Å². The standard InChI is InChI=1S/C20H21N3O4S2/c1-13-4-10-17(11-5-13)27-14(2)19(24)22-20-21-18(12-28-20)15-6-8-16(9-7-15)23-29(3,25)26/h4-12,14,23H,1-3H3,(H,21,22,24)/t14-/m0/s1. The molecule has 1 amide bonds. The fraction of sp³-hybridized carbons (Fsp3) is 0.200. The molecule has 0 saturated heterocycles. The van der Waals surface area contributed by atoms with E-state index in [1.807, 2.05) is 36.6 Å². The third kappa shape index (κ3) is 6.03. The quantitative estimate of drug-likeness (QED) is 0.591. The number of hydrogen-bond donors (Lipinski definition) is 2. The lowest BCUT2D eigenvalue weighted by Crippen LogP contribution is -2.30. The molecule has 2 aromatic carbocycles. The Kier molecular flexibility index (Phi) is 6.19. The van der Waals surface area contributed by atoms with Gasteiger partial charge in [0.15, 0.2) is 11.2 Å². The highest BCUT2D eigenvalue weighted by atomic mass is 32.2. The summed E-state index contributed by atoms with van der Waals surface area (Å²) >= 11 is 1.30. The second kappa shape index (κ2) is 8.62. The minimum absolute atomic E-state index is 0.292. The molecule has 152 valence electrons. The highest BCUT2D eigenvalue weighted by molar-refractivity contribution is 7.92. The summed E-state index contributed by atoms with van der Waals surface area (Å²) in [6.45, 7) is 3.66. The zero-order valence-electron chi connectivity index (χ0n) is 16.2. The van der Waals surface area contributed by atoms with E-state index < -0.39 is 16.1 Å². The molecule has 0 spiro atoms. The number of amides is 1. The largest absolute Gasteiger partial charge is 0.481 e. The highest BCUT2D eigenvalue weighted by Gasteiger charge is 2.17. The van der Waals surface area contributed by atoms with Gasteiger partial charge in [-0.2, -0.15) is 0 Å². The molecule has 0 bridgehead atoms. The van der Waals surface area contributed by atoms with Crippen molar-refractivity contribution in [3.63, 3.8) is 0 Å². The number of carbonyl (C=O) groups excluding carboxylic acids is 1. The van der Waals surface area contributed by atoms with Crippen molar-refractivity contribution in [3.8, 4) is 17.0 Å². The number of aromatic nitrogens is 1. The first-order valence-electron chi connectivity index (χ1n) is 8.77. The first-order valence-corrected chi connectivity index (χ1v) is 11.5. The molecule has 0 fully saturated rings. The molecule has 3 aromatic rings. The van der Waals surface area contributed by atoms with Gasteiger partial charge in [-0.25, -0.2) is 13.4 Å². The molecule has 3 rings (SSSR count). The molecule has 0 saturated carbocycles. The Morgan fingerprint density at radius 3 is 2.38 bits per heavy atom. The van der Waals surface area contributed by atoms with Gasteiger partial charge in [-0.15, -0.1) is 11.3 Å². The number of benzene rings is 2. The lowest BCUT2D eigenvalue weighted by atomic mass is 10.1. The molecule has 0 aliphatic carbocycles. The average Bonchev–Trinajstić information content (AvgIpc) is 3.11. The molecule has 0 aliphatic rings. The van der Waals surface area contributed by atoms with E-state index in [0.29, 0.717) is 22.3 Å². The van der Waals surface area contributed by atoms with Crippen molar-refractivity contribution in [1.29, 1.82) is 0 Å². The van der Waals surface area contributed by atoms with Crippen molar-refractivity contribution in [2.24, 2.45) is 0 Å². The zero-order chi connectivity index (χ0) is 21.0. The first kappa shape index (κ1) is 20.8. The lowest BCUT2D eigenvalue weighted by molar-refractivity contribution is -0.122. The van der Waals surface area contributed by atoms with Crippen LogP contribution in [0.4, 0.5) is 10.8 Å². The van der Waals surface area contributed by atoms with Crippen molar-refractivity contribution >= 4 is 38.1 Å². The second-order valence-electron chi connectivity index (χ2n) is 6.55. The number of carbonyl (C=O) groups is 1. The summed E-state index contributed by atoms with van der Waals surface area (Å²) in [5, 5.41) is 5.04. The van der Waals surface area contributed by atoms with Crippen LogP contribution in [-0.4, -0.2) is 31.7 Å². The maximum atomic E-state index is 12.4. The van der Waals surface area contributed by atoms with Crippen LogP contribution >= 0.6 is 11.3 Å². The molecule has 1 atom stereocenters. The molecular weight excluding hydrogens is 410 g/mol. The van der Waals surface area contributed by atoms with Gasteiger partial charge in [-0.1, -0.05) is 29.8 Å². The minimum Gasteiger partial charge on any atom is -0.481 e. The first-order chi connectivity index (χ1) is 13.7. The van der Waals surface area contributed by atoms with Gasteiger partial charge in [0.2, 0.25) is 10.0 Å². The number of ether oxygens (including phenoxy) is 1. The summed E-state index contributed by atoms with van der Waals surface area (Å²) < 4.78 is 30.6. The summed E-state index contributed by atoms with van der Waals surface area (Å²) in [6, 6.07) is 14.3. The number of aryl methyl sites for hydroxylation is 1. The topological polar surface area (TPSA) is 97.4 Å². The maximum absolute atomic E-state index is 12.4. The van der Waals surface area contributed by atoms with Gasteiger partial charge in [0, 0.05) is 16.6 Å². The van der Waals surface area contributed by atoms with E-state index in [4.69, 9.17) is 4.74 Å². The third-order valence-corrected chi connectivity index (χ3v) is 5.29. The van der Waals surface area contributed by atoms with Crippen molar-refractivity contribution in [2.75, 3.05) is 16.3 Å². The summed E-state index contributed by atoms with van der Waals surface area (Å²) in [5.41, 5.74) is 3.08. The normalized spacial score (nSPS) is 12.2. The van der Waals surface area contributed by atoms with Crippen LogP contribution < -0.4 is 14.8 Å². The molecule has 0 unspecified atom stereocenters. The van der Waals surface area contributed by atoms with E-state index in [9.17, 15) is 13.2 Å². The van der Waals surface area contributed by atoms with Crippen LogP contribution in [0.2, 0.25) is 0 Å². The van der Waals surface area contributed by atoms with Crippen molar-refractivity contribution in [2.45, 2.75) is 20.0 Å². The summed E-state index contributed by atoms with van der Waals surface area (Å²) in [6.07, 6.45) is 0.422. The monoisotopic (exact) mass is 431 g/mol. The van der Waals surface area contributed by atoms with Crippen LogP contribution in [0.1, 0.15) is 12.5 Å². The fourth-order valence-corrected chi connectivity index (χ4v) is 3.76. The molecule has 7 nitrogen and oxygen atoms in total. The van der Waals surface area contributed by atoms with Gasteiger partial charge >= 0.3 is 0 Å². The van der Waals surface area contributed by atoms with Gasteiger partial charge in [0.05, 0.1) is 11.9 Å². The lowest BCUT2D eigenvalue weighted by Gasteiger charge is -2.13. The Labute approximate surface area is 173 Å². The number of anilines is 2. The van der Waals surface area contributed by atoms with E-state index in [0.717, 1.165) is 17.4 Å². The van der Waals surface area contributed by atoms with Crippen LogP contribution in [0.25, 0.3) is 11.3 Å². The van der Waals surface area contributed by atoms with Crippen LogP contribution in [0, 0.1) is 6.92 Å². The molecule has 0 aliphatic heterocycles. The van der Waals surface area contributed by atoms with Gasteiger partial charge in [-0.05, 0) is 38.1 Å². The number of hydrogen-bond acceptors (Lipinski definition) is 6. The third-order valence-electron chi connectivity index (χ3n) is 3.92. The van der Waals surface area contributed by atoms with Crippen LogP contribution in [0.15, 0.2) is 53.9 Å². The fourth-order valence-electron chi connectivity index (χ4n) is 2.47. The van der Waals surface area contributed by atoms with Crippen LogP contribution in [0.3, 0.4) is 0 Å². The Hall–Kier alpha value is -2.91. The van der Waals surface area contributed by atoms with Gasteiger partial charge in [0.1, 0.15) is 5.75 Å². The average molecular weight is 432 g/mol.